The highest BCUT2D eigenvalue weighted by Gasteiger charge is 2.17. The number of hydrogen-bond donors (Lipinski definition) is 3. The quantitative estimate of drug-likeness (QED) is 0.571. The lowest BCUT2D eigenvalue weighted by Crippen LogP contribution is -2.29. The largest absolute Gasteiger partial charge is 0.508 e. The zero-order valence-corrected chi connectivity index (χ0v) is 7.45. The van der Waals surface area contributed by atoms with Crippen LogP contribution in [-0.4, -0.2) is 22.3 Å². The Morgan fingerprint density at radius 3 is 2.62 bits per heavy atom. The zero-order chi connectivity index (χ0) is 9.42. The molecule has 0 bridgehead atoms. The third-order valence-corrected chi connectivity index (χ3v) is 2.80. The summed E-state index contributed by atoms with van der Waals surface area (Å²) < 4.78 is 0.932. The normalized spacial score (nSPS) is 10.6. The van der Waals surface area contributed by atoms with E-state index in [-0.39, 0.29) is 11.2 Å². The molecular weight excluding hydrogens is 187 g/mol. The van der Waals surface area contributed by atoms with Gasteiger partial charge in [-0.2, -0.15) is 0 Å². The van der Waals surface area contributed by atoms with Crippen molar-refractivity contribution in [1.29, 1.82) is 0 Å². The van der Waals surface area contributed by atoms with Crippen LogP contribution in [0.25, 0.3) is 10.1 Å². The molecule has 0 saturated heterocycles. The second-order valence-electron chi connectivity index (χ2n) is 2.71. The summed E-state index contributed by atoms with van der Waals surface area (Å²) in [6, 6.07) is 5.02. The molecule has 3 N–H and O–H groups in total. The van der Waals surface area contributed by atoms with Crippen molar-refractivity contribution in [2.24, 2.45) is 0 Å². The number of phenolic OH excluding ortho intramolecular Hbond substituents is 1. The highest BCUT2D eigenvalue weighted by molar-refractivity contribution is 7.17. The van der Waals surface area contributed by atoms with Gasteiger partial charge in [0, 0.05) is 15.5 Å². The number of phenols is 1. The van der Waals surface area contributed by atoms with E-state index in [9.17, 15) is 5.11 Å². The first kappa shape index (κ1) is 8.56. The molecule has 0 amide bonds. The summed E-state index contributed by atoms with van der Waals surface area (Å²) in [5, 5.41) is 29.9. The number of fused-ring (bicyclic) bond motifs is 1. The second-order valence-corrected chi connectivity index (χ2v) is 3.66. The number of aromatic hydroxyl groups is 1. The average molecular weight is 194 g/mol. The van der Waals surface area contributed by atoms with Gasteiger partial charge in [-0.25, -0.2) is 0 Å². The molecule has 1 aromatic carbocycles. The molecule has 13 heavy (non-hydrogen) atoms. The molecule has 0 fully saturated rings. The van der Waals surface area contributed by atoms with Crippen LogP contribution in [0.2, 0.25) is 0 Å². The van der Waals surface area contributed by atoms with Crippen LogP contribution in [0.1, 0.15) is 0 Å². The first-order valence-electron chi connectivity index (χ1n) is 3.75. The first-order chi connectivity index (χ1) is 6.20. The number of hydrogen-bond acceptors (Lipinski definition) is 4. The topological polar surface area (TPSA) is 60.7 Å². The molecule has 1 heterocycles. The Morgan fingerprint density at radius 2 is 1.92 bits per heavy atom. The third-order valence-electron chi connectivity index (χ3n) is 1.92. The van der Waals surface area contributed by atoms with E-state index in [0.29, 0.717) is 5.39 Å². The summed E-state index contributed by atoms with van der Waals surface area (Å²) in [6.45, 7) is 0. The Hall–Kier alpha value is -1.04. The minimum Gasteiger partial charge on any atom is -0.508 e. The lowest BCUT2D eigenvalue weighted by Gasteiger charge is -2.03. The summed E-state index contributed by atoms with van der Waals surface area (Å²) in [5.41, 5.74) is 0.144. The fourth-order valence-electron chi connectivity index (χ4n) is 1.25. The van der Waals surface area contributed by atoms with E-state index in [0.717, 1.165) is 4.70 Å². The minimum atomic E-state index is -1.62. The molecule has 0 aliphatic rings. The van der Waals surface area contributed by atoms with Crippen molar-refractivity contribution in [3.8, 4) is 5.75 Å². The van der Waals surface area contributed by atoms with Gasteiger partial charge in [0.05, 0.1) is 0 Å². The summed E-state index contributed by atoms with van der Waals surface area (Å²) in [7, 11) is -1.62. The van der Waals surface area contributed by atoms with E-state index < -0.39 is 7.12 Å². The van der Waals surface area contributed by atoms with Gasteiger partial charge in [-0.3, -0.25) is 0 Å². The third kappa shape index (κ3) is 1.31. The van der Waals surface area contributed by atoms with Crippen LogP contribution in [0.3, 0.4) is 0 Å². The Morgan fingerprint density at radius 1 is 1.15 bits per heavy atom. The van der Waals surface area contributed by atoms with E-state index in [2.05, 4.69) is 0 Å². The monoisotopic (exact) mass is 194 g/mol. The van der Waals surface area contributed by atoms with Crippen molar-refractivity contribution in [3.63, 3.8) is 0 Å². The molecule has 3 nitrogen and oxygen atoms in total. The summed E-state index contributed by atoms with van der Waals surface area (Å²) in [5.74, 6) is -0.0475. The first-order valence-corrected chi connectivity index (χ1v) is 4.63. The Bertz CT molecular complexity index is 438. The smallest absolute Gasteiger partial charge is 0.492 e. The summed E-state index contributed by atoms with van der Waals surface area (Å²) in [4.78, 5) is 0. The highest BCUT2D eigenvalue weighted by atomic mass is 32.1. The molecule has 0 unspecified atom stereocenters. The van der Waals surface area contributed by atoms with Gasteiger partial charge in [0.15, 0.2) is 0 Å². The molecule has 5 heteroatoms. The molecular formula is C8H7BO3S. The van der Waals surface area contributed by atoms with E-state index in [1.807, 2.05) is 5.38 Å². The van der Waals surface area contributed by atoms with Gasteiger partial charge in [-0.15, -0.1) is 11.3 Å². The maximum absolute atomic E-state index is 9.60. The van der Waals surface area contributed by atoms with Crippen molar-refractivity contribution in [2.45, 2.75) is 0 Å². The van der Waals surface area contributed by atoms with E-state index >= 15 is 0 Å². The van der Waals surface area contributed by atoms with Crippen LogP contribution in [0, 0.1) is 0 Å². The number of thiophene rings is 1. The van der Waals surface area contributed by atoms with Crippen molar-refractivity contribution in [2.75, 3.05) is 0 Å². The Kier molecular flexibility index (Phi) is 1.99. The van der Waals surface area contributed by atoms with Crippen molar-refractivity contribution in [1.82, 2.24) is 0 Å². The average Bonchev–Trinajstić information content (AvgIpc) is 2.52. The van der Waals surface area contributed by atoms with Crippen LogP contribution >= 0.6 is 11.3 Å². The van der Waals surface area contributed by atoms with Crippen LogP contribution in [-0.2, 0) is 0 Å². The van der Waals surface area contributed by atoms with Crippen molar-refractivity contribution >= 4 is 34.0 Å². The minimum absolute atomic E-state index is 0.0475. The molecule has 0 atom stereocenters. The summed E-state index contributed by atoms with van der Waals surface area (Å²) >= 11 is 1.50. The molecule has 0 radical (unpaired) electrons. The van der Waals surface area contributed by atoms with Gasteiger partial charge in [-0.1, -0.05) is 6.07 Å². The number of rotatable bonds is 1. The summed E-state index contributed by atoms with van der Waals surface area (Å²) in [6.07, 6.45) is 0. The number of benzene rings is 1. The van der Waals surface area contributed by atoms with Gasteiger partial charge in [0.2, 0.25) is 0 Å². The standard InChI is InChI=1S/C8H7BO3S/c10-8-5-3-4-13-7(5)2-1-6(8)9(11)12/h1-4,10-12H. The lowest BCUT2D eigenvalue weighted by atomic mass is 9.79. The van der Waals surface area contributed by atoms with Crippen LogP contribution in [0.4, 0.5) is 0 Å². The van der Waals surface area contributed by atoms with Crippen LogP contribution in [0.15, 0.2) is 23.6 Å². The molecule has 2 aromatic rings. The predicted molar refractivity (Wildman–Crippen MR) is 53.3 cm³/mol. The molecule has 1 aromatic heterocycles. The molecule has 0 saturated carbocycles. The molecule has 2 rings (SSSR count). The second kappa shape index (κ2) is 3.03. The van der Waals surface area contributed by atoms with E-state index in [1.54, 1.807) is 12.1 Å². The maximum Gasteiger partial charge on any atom is 0.492 e. The van der Waals surface area contributed by atoms with Gasteiger partial charge in [0.25, 0.3) is 0 Å². The van der Waals surface area contributed by atoms with Gasteiger partial charge < -0.3 is 15.2 Å². The Balaban J connectivity index is 2.73. The van der Waals surface area contributed by atoms with Gasteiger partial charge >= 0.3 is 7.12 Å². The molecule has 0 aliphatic heterocycles. The van der Waals surface area contributed by atoms with Crippen molar-refractivity contribution in [3.05, 3.63) is 23.6 Å². The van der Waals surface area contributed by atoms with Crippen LogP contribution in [0.5, 0.6) is 5.75 Å². The van der Waals surface area contributed by atoms with Crippen LogP contribution < -0.4 is 5.46 Å². The van der Waals surface area contributed by atoms with Gasteiger partial charge in [0.1, 0.15) is 5.75 Å². The molecule has 0 aliphatic carbocycles. The van der Waals surface area contributed by atoms with Gasteiger partial charge in [-0.05, 0) is 17.5 Å². The van der Waals surface area contributed by atoms with E-state index in [1.165, 1.54) is 17.4 Å². The SMILES string of the molecule is OB(O)c1ccc2sccc2c1O. The maximum atomic E-state index is 9.60. The highest BCUT2D eigenvalue weighted by Crippen LogP contribution is 2.27. The fraction of sp³-hybridized carbons (Fsp3) is 0. The Labute approximate surface area is 79.0 Å². The zero-order valence-electron chi connectivity index (χ0n) is 6.64. The van der Waals surface area contributed by atoms with Crippen molar-refractivity contribution < 1.29 is 15.2 Å². The lowest BCUT2D eigenvalue weighted by molar-refractivity contribution is 0.420. The molecule has 66 valence electrons. The fourth-order valence-corrected chi connectivity index (χ4v) is 2.04. The predicted octanol–water partition coefficient (Wildman–Crippen LogP) is 0.287. The molecule has 0 spiro atoms. The van der Waals surface area contributed by atoms with E-state index in [4.69, 9.17) is 10.0 Å².